The van der Waals surface area contributed by atoms with Crippen molar-refractivity contribution in [1.82, 2.24) is 0 Å². The van der Waals surface area contributed by atoms with Crippen LogP contribution in [-0.2, 0) is 0 Å². The first-order valence-corrected chi connectivity index (χ1v) is 5.36. The van der Waals surface area contributed by atoms with Crippen LogP contribution in [0.2, 0.25) is 0 Å². The van der Waals surface area contributed by atoms with E-state index in [1.807, 2.05) is 0 Å². The highest BCUT2D eigenvalue weighted by atomic mass is 14.6. The summed E-state index contributed by atoms with van der Waals surface area (Å²) in [7, 11) is 0. The lowest BCUT2D eigenvalue weighted by Gasteiger charge is -2.39. The van der Waals surface area contributed by atoms with Crippen LogP contribution in [-0.4, -0.2) is 0 Å². The Morgan fingerprint density at radius 1 is 0.818 bits per heavy atom. The molecule has 0 aliphatic heterocycles. The van der Waals surface area contributed by atoms with Gasteiger partial charge in [0.05, 0.1) is 0 Å². The van der Waals surface area contributed by atoms with E-state index in [9.17, 15) is 0 Å². The first-order chi connectivity index (χ1) is 5.36. The molecule has 0 heteroatoms. The Bertz CT molecular complexity index is 173. The van der Waals surface area contributed by atoms with E-state index in [4.69, 9.17) is 0 Å². The highest BCUT2D eigenvalue weighted by Gasteiger charge is 2.52. The second-order valence-electron chi connectivity index (χ2n) is 5.12. The molecule has 0 bridgehead atoms. The lowest BCUT2D eigenvalue weighted by Crippen LogP contribution is -2.30. The monoisotopic (exact) mass is 150 g/mol. The molecule has 5 atom stereocenters. The molecule has 0 heterocycles. The van der Waals surface area contributed by atoms with Gasteiger partial charge in [-0.1, -0.05) is 13.3 Å². The molecule has 62 valence electrons. The van der Waals surface area contributed by atoms with Gasteiger partial charge in [0.2, 0.25) is 0 Å². The third-order valence-corrected chi connectivity index (χ3v) is 4.63. The van der Waals surface area contributed by atoms with Gasteiger partial charge in [-0.25, -0.2) is 0 Å². The largest absolute Gasteiger partial charge is 0.0622 e. The molecular weight excluding hydrogens is 132 g/mol. The molecule has 3 saturated carbocycles. The van der Waals surface area contributed by atoms with Crippen LogP contribution in [0.25, 0.3) is 0 Å². The topological polar surface area (TPSA) is 0 Å². The summed E-state index contributed by atoms with van der Waals surface area (Å²) in [5.74, 6) is 5.84. The second kappa shape index (κ2) is 2.02. The summed E-state index contributed by atoms with van der Waals surface area (Å²) in [4.78, 5) is 0. The van der Waals surface area contributed by atoms with E-state index >= 15 is 0 Å². The Labute approximate surface area is 69.4 Å². The molecule has 11 heavy (non-hydrogen) atoms. The summed E-state index contributed by atoms with van der Waals surface area (Å²) >= 11 is 0. The van der Waals surface area contributed by atoms with Gasteiger partial charge in [0.25, 0.3) is 0 Å². The fraction of sp³-hybridized carbons (Fsp3) is 1.00. The second-order valence-corrected chi connectivity index (χ2v) is 5.12. The maximum absolute atomic E-state index is 2.46. The van der Waals surface area contributed by atoms with Crippen LogP contribution in [0.15, 0.2) is 0 Å². The molecular formula is C11H18. The Morgan fingerprint density at radius 3 is 2.00 bits per heavy atom. The molecule has 0 radical (unpaired) electrons. The number of rotatable bonds is 1. The zero-order chi connectivity index (χ0) is 7.42. The van der Waals surface area contributed by atoms with Crippen molar-refractivity contribution >= 4 is 0 Å². The summed E-state index contributed by atoms with van der Waals surface area (Å²) in [5, 5.41) is 0. The van der Waals surface area contributed by atoms with Gasteiger partial charge in [0.15, 0.2) is 0 Å². The van der Waals surface area contributed by atoms with Gasteiger partial charge >= 0.3 is 0 Å². The van der Waals surface area contributed by atoms with Crippen LogP contribution in [0.5, 0.6) is 0 Å². The van der Waals surface area contributed by atoms with E-state index < -0.39 is 0 Å². The van der Waals surface area contributed by atoms with Gasteiger partial charge in [-0.3, -0.25) is 0 Å². The van der Waals surface area contributed by atoms with Crippen molar-refractivity contribution in [2.75, 3.05) is 0 Å². The molecule has 0 N–H and O–H groups in total. The first kappa shape index (κ1) is 6.51. The van der Waals surface area contributed by atoms with E-state index in [0.29, 0.717) is 0 Å². The molecule has 0 aromatic heterocycles. The molecule has 0 saturated heterocycles. The fourth-order valence-corrected chi connectivity index (χ4v) is 3.61. The lowest BCUT2D eigenvalue weighted by molar-refractivity contribution is 0.108. The van der Waals surface area contributed by atoms with E-state index in [1.165, 1.54) is 24.2 Å². The summed E-state index contributed by atoms with van der Waals surface area (Å²) < 4.78 is 0. The summed E-state index contributed by atoms with van der Waals surface area (Å²) in [6, 6.07) is 0. The summed E-state index contributed by atoms with van der Waals surface area (Å²) in [6.07, 6.45) is 7.87. The minimum atomic E-state index is 1.08. The third kappa shape index (κ3) is 0.816. The van der Waals surface area contributed by atoms with Crippen molar-refractivity contribution in [3.8, 4) is 0 Å². The first-order valence-electron chi connectivity index (χ1n) is 5.36. The van der Waals surface area contributed by atoms with Crippen LogP contribution in [0.4, 0.5) is 0 Å². The third-order valence-electron chi connectivity index (χ3n) is 4.63. The molecule has 0 unspecified atom stereocenters. The molecule has 0 nitrogen and oxygen atoms in total. The van der Waals surface area contributed by atoms with Crippen molar-refractivity contribution in [3.05, 3.63) is 0 Å². The smallest absolute Gasteiger partial charge is 0.0352 e. The van der Waals surface area contributed by atoms with Crippen molar-refractivity contribution in [1.29, 1.82) is 0 Å². The summed E-state index contributed by atoms with van der Waals surface area (Å²) in [5.41, 5.74) is 0. The lowest BCUT2D eigenvalue weighted by atomic mass is 9.66. The van der Waals surface area contributed by atoms with Crippen molar-refractivity contribution in [2.24, 2.45) is 29.6 Å². The van der Waals surface area contributed by atoms with Crippen LogP contribution >= 0.6 is 0 Å². The molecule has 3 fully saturated rings. The van der Waals surface area contributed by atoms with E-state index in [-0.39, 0.29) is 0 Å². The van der Waals surface area contributed by atoms with Crippen molar-refractivity contribution < 1.29 is 0 Å². The molecule has 0 aromatic carbocycles. The highest BCUT2D eigenvalue weighted by Crippen LogP contribution is 2.61. The number of fused-ring (bicyclic) bond motifs is 1. The average molecular weight is 150 g/mol. The van der Waals surface area contributed by atoms with Gasteiger partial charge in [0, 0.05) is 0 Å². The van der Waals surface area contributed by atoms with Crippen molar-refractivity contribution in [2.45, 2.75) is 39.0 Å². The summed E-state index contributed by atoms with van der Waals surface area (Å²) in [6.45, 7) is 2.46. The molecule has 0 aromatic rings. The predicted molar refractivity (Wildman–Crippen MR) is 46.2 cm³/mol. The van der Waals surface area contributed by atoms with Gasteiger partial charge in [-0.15, -0.1) is 0 Å². The predicted octanol–water partition coefficient (Wildman–Crippen LogP) is 3.08. The molecule has 3 rings (SSSR count). The molecule has 3 aliphatic rings. The van der Waals surface area contributed by atoms with Crippen LogP contribution in [0.3, 0.4) is 0 Å². The number of hydrogen-bond acceptors (Lipinski definition) is 0. The van der Waals surface area contributed by atoms with Gasteiger partial charge in [-0.2, -0.15) is 0 Å². The minimum Gasteiger partial charge on any atom is -0.0622 e. The Balaban J connectivity index is 1.69. The van der Waals surface area contributed by atoms with Gasteiger partial charge in [-0.05, 0) is 55.3 Å². The Hall–Kier alpha value is 0. The van der Waals surface area contributed by atoms with Crippen LogP contribution in [0, 0.1) is 29.6 Å². The quantitative estimate of drug-likeness (QED) is 0.539. The van der Waals surface area contributed by atoms with E-state index in [2.05, 4.69) is 6.92 Å². The van der Waals surface area contributed by atoms with E-state index in [0.717, 1.165) is 11.8 Å². The SMILES string of the molecule is C[C@H]1CC[C@H]1[C@H]1CC[C@H]2C[C@@H]21. The van der Waals surface area contributed by atoms with Crippen LogP contribution < -0.4 is 0 Å². The van der Waals surface area contributed by atoms with Gasteiger partial charge in [0.1, 0.15) is 0 Å². The molecule has 0 amide bonds. The Morgan fingerprint density at radius 2 is 1.64 bits per heavy atom. The normalized spacial score (nSPS) is 60.3. The maximum Gasteiger partial charge on any atom is -0.0352 e. The Kier molecular flexibility index (Phi) is 1.20. The molecule has 3 aliphatic carbocycles. The zero-order valence-corrected chi connectivity index (χ0v) is 7.42. The number of hydrogen-bond donors (Lipinski definition) is 0. The average Bonchev–Trinajstić information content (AvgIpc) is 2.67. The van der Waals surface area contributed by atoms with E-state index in [1.54, 1.807) is 25.7 Å². The fourth-order valence-electron chi connectivity index (χ4n) is 3.61. The van der Waals surface area contributed by atoms with Crippen molar-refractivity contribution in [3.63, 3.8) is 0 Å². The molecule has 0 spiro atoms. The zero-order valence-electron chi connectivity index (χ0n) is 7.42. The van der Waals surface area contributed by atoms with Crippen LogP contribution in [0.1, 0.15) is 39.0 Å². The van der Waals surface area contributed by atoms with Gasteiger partial charge < -0.3 is 0 Å². The standard InChI is InChI=1S/C11H18/c1-7-2-4-9(7)10-5-3-8-6-11(8)10/h7-11H,2-6H2,1H3/t7-,8-,9+,10+,11-/m0/s1. The maximum atomic E-state index is 2.46. The minimum absolute atomic E-state index is 1.08. The highest BCUT2D eigenvalue weighted by molar-refractivity contribution is 5.02.